The van der Waals surface area contributed by atoms with Crippen LogP contribution in [0.3, 0.4) is 0 Å². The average Bonchev–Trinajstić information content (AvgIpc) is 2.74. The number of nitrogens with one attached hydrogen (secondary N) is 1. The van der Waals surface area contributed by atoms with Crippen molar-refractivity contribution in [3.05, 3.63) is 48.5 Å². The number of hydrogen-bond acceptors (Lipinski definition) is 6. The summed E-state index contributed by atoms with van der Waals surface area (Å²) >= 11 is 0. The first-order valence-corrected chi connectivity index (χ1v) is 10.8. The fourth-order valence-electron chi connectivity index (χ4n) is 3.28. The normalized spacial score (nSPS) is 15.4. The number of anilines is 1. The Kier molecular flexibility index (Phi) is 6.77. The predicted octanol–water partition coefficient (Wildman–Crippen LogP) is 1.80. The molecule has 0 bridgehead atoms. The highest BCUT2D eigenvalue weighted by Crippen LogP contribution is 2.27. The van der Waals surface area contributed by atoms with Crippen molar-refractivity contribution in [2.45, 2.75) is 4.90 Å². The average molecular weight is 406 g/mol. The molecule has 3 rings (SSSR count). The van der Waals surface area contributed by atoms with Crippen LogP contribution in [-0.2, 0) is 10.0 Å². The highest BCUT2D eigenvalue weighted by Gasteiger charge is 2.22. The minimum Gasteiger partial charge on any atom is -0.497 e. The van der Waals surface area contributed by atoms with E-state index in [0.29, 0.717) is 24.6 Å². The van der Waals surface area contributed by atoms with E-state index >= 15 is 0 Å². The van der Waals surface area contributed by atoms with Crippen LogP contribution in [0.15, 0.2) is 53.4 Å². The molecule has 1 fully saturated rings. The highest BCUT2D eigenvalue weighted by molar-refractivity contribution is 7.89. The second kappa shape index (κ2) is 9.27. The Hall–Kier alpha value is -2.29. The van der Waals surface area contributed by atoms with Gasteiger partial charge >= 0.3 is 0 Å². The zero-order chi connectivity index (χ0) is 20.0. The third-order valence-corrected chi connectivity index (χ3v) is 6.36. The molecule has 8 heteroatoms. The van der Waals surface area contributed by atoms with E-state index < -0.39 is 10.0 Å². The van der Waals surface area contributed by atoms with Crippen molar-refractivity contribution in [1.82, 2.24) is 9.62 Å². The molecule has 2 aromatic rings. The van der Waals surface area contributed by atoms with Gasteiger partial charge in [0.25, 0.3) is 0 Å². The van der Waals surface area contributed by atoms with E-state index in [0.717, 1.165) is 26.2 Å². The van der Waals surface area contributed by atoms with Gasteiger partial charge in [0.1, 0.15) is 16.4 Å². The molecule has 2 aromatic carbocycles. The van der Waals surface area contributed by atoms with Gasteiger partial charge in [-0.3, -0.25) is 4.90 Å². The van der Waals surface area contributed by atoms with Gasteiger partial charge in [0.15, 0.2) is 0 Å². The maximum atomic E-state index is 12.7. The van der Waals surface area contributed by atoms with E-state index in [9.17, 15) is 8.42 Å². The van der Waals surface area contributed by atoms with Gasteiger partial charge in [0, 0.05) is 51.0 Å². The van der Waals surface area contributed by atoms with Gasteiger partial charge in [-0.05, 0) is 24.3 Å². The first-order chi connectivity index (χ1) is 13.5. The van der Waals surface area contributed by atoms with Crippen LogP contribution in [0.4, 0.5) is 5.69 Å². The van der Waals surface area contributed by atoms with Crippen molar-refractivity contribution in [2.75, 3.05) is 58.4 Å². The van der Waals surface area contributed by atoms with Gasteiger partial charge in [-0.2, -0.15) is 0 Å². The molecule has 1 saturated heterocycles. The smallest absolute Gasteiger partial charge is 0.244 e. The zero-order valence-corrected chi connectivity index (χ0v) is 17.1. The molecule has 0 spiro atoms. The number of piperazine rings is 1. The number of methoxy groups -OCH3 is 2. The summed E-state index contributed by atoms with van der Waals surface area (Å²) < 4.78 is 38.4. The van der Waals surface area contributed by atoms with E-state index in [-0.39, 0.29) is 4.90 Å². The third-order valence-electron chi connectivity index (χ3n) is 4.87. The molecule has 1 aliphatic heterocycles. The standard InChI is InChI=1S/C20H27N3O4S/c1-26-18-8-9-19(27-2)20(16-18)28(24,25)21-10-11-22-12-14-23(15-13-22)17-6-4-3-5-7-17/h3-9,16,21H,10-15H2,1-2H3. The maximum Gasteiger partial charge on any atom is 0.244 e. The van der Waals surface area contributed by atoms with E-state index in [1.54, 1.807) is 12.1 Å². The Balaban J connectivity index is 1.52. The fraction of sp³-hybridized carbons (Fsp3) is 0.400. The summed E-state index contributed by atoms with van der Waals surface area (Å²) in [5.41, 5.74) is 1.23. The lowest BCUT2D eigenvalue weighted by Gasteiger charge is -2.36. The summed E-state index contributed by atoms with van der Waals surface area (Å²) in [6, 6.07) is 15.1. The molecule has 0 radical (unpaired) electrons. The Labute approximate surface area is 166 Å². The van der Waals surface area contributed by atoms with Gasteiger partial charge in [-0.25, -0.2) is 13.1 Å². The van der Waals surface area contributed by atoms with Crippen molar-refractivity contribution in [3.8, 4) is 11.5 Å². The number of hydrogen-bond donors (Lipinski definition) is 1. The van der Waals surface area contributed by atoms with Crippen molar-refractivity contribution in [2.24, 2.45) is 0 Å². The van der Waals surface area contributed by atoms with E-state index in [4.69, 9.17) is 9.47 Å². The van der Waals surface area contributed by atoms with E-state index in [2.05, 4.69) is 26.7 Å². The lowest BCUT2D eigenvalue weighted by molar-refractivity contribution is 0.262. The molecule has 1 heterocycles. The van der Waals surface area contributed by atoms with Crippen LogP contribution in [0.1, 0.15) is 0 Å². The largest absolute Gasteiger partial charge is 0.497 e. The van der Waals surface area contributed by atoms with E-state index in [1.165, 1.54) is 26.0 Å². The Bertz CT molecular complexity index is 866. The number of sulfonamides is 1. The summed E-state index contributed by atoms with van der Waals surface area (Å²) in [4.78, 5) is 4.70. The van der Waals surface area contributed by atoms with Crippen molar-refractivity contribution in [1.29, 1.82) is 0 Å². The first-order valence-electron chi connectivity index (χ1n) is 9.27. The number of ether oxygens (including phenoxy) is 2. The molecule has 152 valence electrons. The summed E-state index contributed by atoms with van der Waals surface area (Å²) in [5, 5.41) is 0. The number of nitrogens with zero attached hydrogens (tertiary/aromatic N) is 2. The van der Waals surface area contributed by atoms with Gasteiger partial charge in [-0.15, -0.1) is 0 Å². The summed E-state index contributed by atoms with van der Waals surface area (Å²) in [5.74, 6) is 0.767. The molecule has 0 unspecified atom stereocenters. The summed E-state index contributed by atoms with van der Waals surface area (Å²) in [7, 11) is -0.730. The van der Waals surface area contributed by atoms with Crippen molar-refractivity contribution >= 4 is 15.7 Å². The van der Waals surface area contributed by atoms with Crippen LogP contribution in [0.25, 0.3) is 0 Å². The lowest BCUT2D eigenvalue weighted by atomic mass is 10.2. The molecule has 28 heavy (non-hydrogen) atoms. The van der Waals surface area contributed by atoms with Gasteiger partial charge in [0.05, 0.1) is 14.2 Å². The van der Waals surface area contributed by atoms with Crippen molar-refractivity contribution < 1.29 is 17.9 Å². The molecule has 7 nitrogen and oxygen atoms in total. The number of para-hydroxylation sites is 1. The van der Waals surface area contributed by atoms with Gasteiger partial charge in [0.2, 0.25) is 10.0 Å². The number of benzene rings is 2. The molecule has 0 saturated carbocycles. The van der Waals surface area contributed by atoms with Crippen LogP contribution in [0.2, 0.25) is 0 Å². The minimum absolute atomic E-state index is 0.0863. The predicted molar refractivity (Wildman–Crippen MR) is 110 cm³/mol. The quantitative estimate of drug-likeness (QED) is 0.722. The topological polar surface area (TPSA) is 71.1 Å². The fourth-order valence-corrected chi connectivity index (χ4v) is 4.48. The molecule has 1 N–H and O–H groups in total. The highest BCUT2D eigenvalue weighted by atomic mass is 32.2. The Morgan fingerprint density at radius 2 is 1.68 bits per heavy atom. The van der Waals surface area contributed by atoms with Crippen LogP contribution in [0.5, 0.6) is 11.5 Å². The molecular weight excluding hydrogens is 378 g/mol. The summed E-state index contributed by atoms with van der Waals surface area (Å²) in [6.45, 7) is 4.67. The zero-order valence-electron chi connectivity index (χ0n) is 16.3. The molecular formula is C20H27N3O4S. The first kappa shape index (κ1) is 20.4. The monoisotopic (exact) mass is 405 g/mol. The second-order valence-corrected chi connectivity index (χ2v) is 8.31. The third kappa shape index (κ3) is 4.95. The molecule has 1 aliphatic rings. The summed E-state index contributed by atoms with van der Waals surface area (Å²) in [6.07, 6.45) is 0. The van der Waals surface area contributed by atoms with E-state index in [1.807, 2.05) is 18.2 Å². The molecule has 0 amide bonds. The second-order valence-electron chi connectivity index (χ2n) is 6.58. The Morgan fingerprint density at radius 3 is 2.32 bits per heavy atom. The van der Waals surface area contributed by atoms with Gasteiger partial charge in [-0.1, -0.05) is 18.2 Å². The van der Waals surface area contributed by atoms with Crippen LogP contribution in [-0.4, -0.2) is 66.8 Å². The van der Waals surface area contributed by atoms with Crippen molar-refractivity contribution in [3.63, 3.8) is 0 Å². The SMILES string of the molecule is COc1ccc(OC)c(S(=O)(=O)NCCN2CCN(c3ccccc3)CC2)c1. The Morgan fingerprint density at radius 1 is 0.964 bits per heavy atom. The molecule has 0 atom stereocenters. The van der Waals surface area contributed by atoms with Crippen LogP contribution >= 0.6 is 0 Å². The van der Waals surface area contributed by atoms with Crippen LogP contribution in [0, 0.1) is 0 Å². The molecule has 0 aromatic heterocycles. The van der Waals surface area contributed by atoms with Gasteiger partial charge < -0.3 is 14.4 Å². The number of rotatable bonds is 8. The minimum atomic E-state index is -3.68. The molecule has 0 aliphatic carbocycles. The van der Waals surface area contributed by atoms with Crippen LogP contribution < -0.4 is 19.1 Å². The lowest BCUT2D eigenvalue weighted by Crippen LogP contribution is -2.48. The maximum absolute atomic E-state index is 12.7.